The van der Waals surface area contributed by atoms with Gasteiger partial charge in [0.25, 0.3) is 0 Å². The number of hydrogen-bond donors (Lipinski definition) is 3. The summed E-state index contributed by atoms with van der Waals surface area (Å²) in [5.74, 6) is -0.469. The minimum absolute atomic E-state index is 0.0270. The van der Waals surface area contributed by atoms with Gasteiger partial charge in [0.15, 0.2) is 0 Å². The molecule has 0 aliphatic rings. The van der Waals surface area contributed by atoms with Crippen LogP contribution in [0.25, 0.3) is 0 Å². The fraction of sp³-hybridized carbons (Fsp3) is 0.273. The van der Waals surface area contributed by atoms with Gasteiger partial charge in [-0.1, -0.05) is 13.8 Å². The predicted octanol–water partition coefficient (Wildman–Crippen LogP) is 1.20. The molecule has 16 heavy (non-hydrogen) atoms. The lowest BCUT2D eigenvalue weighted by Crippen LogP contribution is -2.22. The molecule has 0 aromatic heterocycles. The third-order valence-electron chi connectivity index (χ3n) is 1.92. The Labute approximate surface area is 93.4 Å². The van der Waals surface area contributed by atoms with Gasteiger partial charge in [0.2, 0.25) is 5.91 Å². The highest BCUT2D eigenvalue weighted by molar-refractivity contribution is 5.85. The second kappa shape index (κ2) is 5.16. The standard InChI is InChI=1S/C11H14N2O3/c1-7(2)11(16)13-12-6-8-3-4-9(14)5-10(8)15/h3-7,14-15H,1-2H3,(H,13,16)/b12-6+. The maximum absolute atomic E-state index is 11.1. The second-order valence-electron chi connectivity index (χ2n) is 3.63. The van der Waals surface area contributed by atoms with E-state index in [1.165, 1.54) is 24.4 Å². The largest absolute Gasteiger partial charge is 0.508 e. The van der Waals surface area contributed by atoms with Crippen LogP contribution in [0.4, 0.5) is 0 Å². The second-order valence-corrected chi connectivity index (χ2v) is 3.63. The molecule has 1 aromatic carbocycles. The number of phenols is 2. The third-order valence-corrected chi connectivity index (χ3v) is 1.92. The van der Waals surface area contributed by atoms with Crippen molar-refractivity contribution in [3.8, 4) is 11.5 Å². The molecular weight excluding hydrogens is 208 g/mol. The summed E-state index contributed by atoms with van der Waals surface area (Å²) in [5, 5.41) is 22.1. The highest BCUT2D eigenvalue weighted by atomic mass is 16.3. The smallest absolute Gasteiger partial charge is 0.242 e. The van der Waals surface area contributed by atoms with E-state index in [1.54, 1.807) is 13.8 Å². The van der Waals surface area contributed by atoms with Gasteiger partial charge in [-0.3, -0.25) is 4.79 Å². The highest BCUT2D eigenvalue weighted by Gasteiger charge is 2.04. The molecule has 5 heteroatoms. The molecule has 0 aliphatic heterocycles. The number of amides is 1. The van der Waals surface area contributed by atoms with E-state index in [1.807, 2.05) is 0 Å². The Morgan fingerprint density at radius 1 is 1.44 bits per heavy atom. The molecule has 5 nitrogen and oxygen atoms in total. The topological polar surface area (TPSA) is 81.9 Å². The van der Waals surface area contributed by atoms with Crippen LogP contribution in [-0.2, 0) is 4.79 Å². The number of rotatable bonds is 3. The van der Waals surface area contributed by atoms with Crippen LogP contribution in [0, 0.1) is 5.92 Å². The number of benzene rings is 1. The first-order valence-electron chi connectivity index (χ1n) is 4.85. The molecule has 0 spiro atoms. The normalized spacial score (nSPS) is 10.9. The van der Waals surface area contributed by atoms with Gasteiger partial charge in [0, 0.05) is 17.5 Å². The highest BCUT2D eigenvalue weighted by Crippen LogP contribution is 2.20. The first-order chi connectivity index (χ1) is 7.50. The summed E-state index contributed by atoms with van der Waals surface area (Å²) in [6.45, 7) is 3.51. The molecule has 0 fully saturated rings. The van der Waals surface area contributed by atoms with E-state index in [-0.39, 0.29) is 23.3 Å². The SMILES string of the molecule is CC(C)C(=O)N/N=C/c1ccc(O)cc1O. The average Bonchev–Trinajstić information content (AvgIpc) is 2.20. The summed E-state index contributed by atoms with van der Waals surface area (Å²) in [4.78, 5) is 11.1. The van der Waals surface area contributed by atoms with Crippen LogP contribution in [0.5, 0.6) is 11.5 Å². The lowest BCUT2D eigenvalue weighted by atomic mass is 10.2. The Morgan fingerprint density at radius 3 is 2.69 bits per heavy atom. The minimum atomic E-state index is -0.200. The number of carbonyl (C=O) groups excluding carboxylic acids is 1. The van der Waals surface area contributed by atoms with E-state index in [2.05, 4.69) is 10.5 Å². The van der Waals surface area contributed by atoms with Gasteiger partial charge in [-0.25, -0.2) is 5.43 Å². The molecule has 0 radical (unpaired) electrons. The van der Waals surface area contributed by atoms with Crippen molar-refractivity contribution in [2.75, 3.05) is 0 Å². The van der Waals surface area contributed by atoms with Crippen LogP contribution < -0.4 is 5.43 Å². The first kappa shape index (κ1) is 12.0. The van der Waals surface area contributed by atoms with E-state index in [9.17, 15) is 9.90 Å². The quantitative estimate of drug-likeness (QED) is 0.531. The molecular formula is C11H14N2O3. The monoisotopic (exact) mass is 222 g/mol. The molecule has 1 amide bonds. The van der Waals surface area contributed by atoms with Gasteiger partial charge in [-0.05, 0) is 12.1 Å². The van der Waals surface area contributed by atoms with E-state index >= 15 is 0 Å². The van der Waals surface area contributed by atoms with Crippen LogP contribution in [0.1, 0.15) is 19.4 Å². The van der Waals surface area contributed by atoms with Crippen molar-refractivity contribution in [2.45, 2.75) is 13.8 Å². The maximum Gasteiger partial charge on any atom is 0.242 e. The van der Waals surface area contributed by atoms with E-state index < -0.39 is 0 Å². The van der Waals surface area contributed by atoms with E-state index in [0.29, 0.717) is 5.56 Å². The number of hydrazone groups is 1. The summed E-state index contributed by atoms with van der Waals surface area (Å²) in [6.07, 6.45) is 1.31. The third kappa shape index (κ3) is 3.27. The molecule has 0 saturated carbocycles. The van der Waals surface area contributed by atoms with Crippen LogP contribution in [0.3, 0.4) is 0 Å². The molecule has 1 rings (SSSR count). The molecule has 3 N–H and O–H groups in total. The molecule has 0 atom stereocenters. The number of nitrogens with zero attached hydrogens (tertiary/aromatic N) is 1. The average molecular weight is 222 g/mol. The summed E-state index contributed by atoms with van der Waals surface area (Å²) in [5.41, 5.74) is 2.75. The Morgan fingerprint density at radius 2 is 2.12 bits per heavy atom. The first-order valence-corrected chi connectivity index (χ1v) is 4.85. The van der Waals surface area contributed by atoms with Gasteiger partial charge >= 0.3 is 0 Å². The van der Waals surface area contributed by atoms with E-state index in [4.69, 9.17) is 5.11 Å². The van der Waals surface area contributed by atoms with Crippen LogP contribution in [-0.4, -0.2) is 22.3 Å². The number of aromatic hydroxyl groups is 2. The molecule has 0 unspecified atom stereocenters. The van der Waals surface area contributed by atoms with Crippen molar-refractivity contribution >= 4 is 12.1 Å². The minimum Gasteiger partial charge on any atom is -0.508 e. The molecule has 0 aliphatic carbocycles. The maximum atomic E-state index is 11.1. The fourth-order valence-electron chi connectivity index (χ4n) is 0.936. The zero-order valence-electron chi connectivity index (χ0n) is 9.14. The van der Waals surface area contributed by atoms with Gasteiger partial charge < -0.3 is 10.2 Å². The predicted molar refractivity (Wildman–Crippen MR) is 60.3 cm³/mol. The van der Waals surface area contributed by atoms with Crippen molar-refractivity contribution in [1.29, 1.82) is 0 Å². The zero-order valence-corrected chi connectivity index (χ0v) is 9.14. The van der Waals surface area contributed by atoms with Gasteiger partial charge in [0.05, 0.1) is 6.21 Å². The zero-order chi connectivity index (χ0) is 12.1. The molecule has 0 heterocycles. The lowest BCUT2D eigenvalue weighted by molar-refractivity contribution is -0.123. The van der Waals surface area contributed by atoms with E-state index in [0.717, 1.165) is 0 Å². The van der Waals surface area contributed by atoms with Gasteiger partial charge in [0.1, 0.15) is 11.5 Å². The number of phenolic OH excluding ortho intramolecular Hbond substituents is 2. The van der Waals surface area contributed by atoms with Crippen LogP contribution in [0.15, 0.2) is 23.3 Å². The van der Waals surface area contributed by atoms with Crippen molar-refractivity contribution in [3.05, 3.63) is 23.8 Å². The Hall–Kier alpha value is -2.04. The summed E-state index contributed by atoms with van der Waals surface area (Å²) < 4.78 is 0. The summed E-state index contributed by atoms with van der Waals surface area (Å²) >= 11 is 0. The summed E-state index contributed by atoms with van der Waals surface area (Å²) in [6, 6.07) is 4.12. The van der Waals surface area contributed by atoms with Crippen LogP contribution >= 0.6 is 0 Å². The van der Waals surface area contributed by atoms with Crippen molar-refractivity contribution in [2.24, 2.45) is 11.0 Å². The number of hydrogen-bond acceptors (Lipinski definition) is 4. The molecule has 86 valence electrons. The fourth-order valence-corrected chi connectivity index (χ4v) is 0.936. The Kier molecular flexibility index (Phi) is 3.88. The Balaban J connectivity index is 2.66. The molecule has 0 saturated heterocycles. The molecule has 0 bridgehead atoms. The van der Waals surface area contributed by atoms with Crippen LogP contribution in [0.2, 0.25) is 0 Å². The Bertz CT molecular complexity index is 414. The van der Waals surface area contributed by atoms with Gasteiger partial charge in [-0.2, -0.15) is 5.10 Å². The summed E-state index contributed by atoms with van der Waals surface area (Å²) in [7, 11) is 0. The molecule has 1 aromatic rings. The van der Waals surface area contributed by atoms with Crippen molar-refractivity contribution < 1.29 is 15.0 Å². The van der Waals surface area contributed by atoms with Crippen molar-refractivity contribution in [3.63, 3.8) is 0 Å². The lowest BCUT2D eigenvalue weighted by Gasteiger charge is -2.02. The number of nitrogens with one attached hydrogen (secondary N) is 1. The van der Waals surface area contributed by atoms with Crippen molar-refractivity contribution in [1.82, 2.24) is 5.43 Å². The van der Waals surface area contributed by atoms with Gasteiger partial charge in [-0.15, -0.1) is 0 Å². The number of carbonyl (C=O) groups is 1.